The molecule has 0 radical (unpaired) electrons. The molecule has 3 aromatic rings. The van der Waals surface area contributed by atoms with Gasteiger partial charge in [0.05, 0.1) is 0 Å². The number of nitrogens with zero attached hydrogens (tertiary/aromatic N) is 3. The van der Waals surface area contributed by atoms with Crippen LogP contribution in [-0.2, 0) is 0 Å². The van der Waals surface area contributed by atoms with Crippen molar-refractivity contribution in [2.75, 3.05) is 20.1 Å². The smallest absolute Gasteiger partial charge is 0.183 e. The van der Waals surface area contributed by atoms with Gasteiger partial charge in [0.15, 0.2) is 5.82 Å². The predicted molar refractivity (Wildman–Crippen MR) is 85.3 cm³/mol. The SMILES string of the molecule is CCN(C)CC(C)c1nc(-c2c[nH]c3ccccc23)n[nH]1. The maximum absolute atomic E-state index is 4.68. The Kier molecular flexibility index (Phi) is 3.75. The van der Waals surface area contributed by atoms with Gasteiger partial charge in [-0.25, -0.2) is 4.98 Å². The molecule has 0 aliphatic rings. The molecule has 5 heteroatoms. The second-order valence-electron chi connectivity index (χ2n) is 5.55. The maximum atomic E-state index is 4.68. The third-order valence-corrected chi connectivity index (χ3v) is 3.93. The van der Waals surface area contributed by atoms with Crippen LogP contribution in [0.5, 0.6) is 0 Å². The molecule has 0 saturated carbocycles. The van der Waals surface area contributed by atoms with Crippen LogP contribution in [0.4, 0.5) is 0 Å². The van der Waals surface area contributed by atoms with E-state index in [2.05, 4.69) is 58.1 Å². The van der Waals surface area contributed by atoms with Crippen molar-refractivity contribution in [3.8, 4) is 11.4 Å². The van der Waals surface area contributed by atoms with Crippen molar-refractivity contribution in [2.24, 2.45) is 0 Å². The van der Waals surface area contributed by atoms with E-state index in [4.69, 9.17) is 0 Å². The van der Waals surface area contributed by atoms with E-state index in [-0.39, 0.29) is 0 Å². The van der Waals surface area contributed by atoms with Gasteiger partial charge in [-0.15, -0.1) is 0 Å². The molecule has 2 aromatic heterocycles. The van der Waals surface area contributed by atoms with Gasteiger partial charge in [-0.05, 0) is 19.7 Å². The molecule has 1 aromatic carbocycles. The van der Waals surface area contributed by atoms with E-state index in [9.17, 15) is 0 Å². The summed E-state index contributed by atoms with van der Waals surface area (Å²) in [6.07, 6.45) is 1.97. The molecule has 110 valence electrons. The minimum atomic E-state index is 0.335. The summed E-state index contributed by atoms with van der Waals surface area (Å²) in [7, 11) is 2.12. The van der Waals surface area contributed by atoms with Crippen LogP contribution in [0, 0.1) is 0 Å². The van der Waals surface area contributed by atoms with Crippen LogP contribution >= 0.6 is 0 Å². The van der Waals surface area contributed by atoms with E-state index in [0.717, 1.165) is 41.2 Å². The Labute approximate surface area is 124 Å². The number of nitrogens with one attached hydrogen (secondary N) is 2. The molecular weight excluding hydrogens is 262 g/mol. The number of hydrogen-bond acceptors (Lipinski definition) is 3. The lowest BCUT2D eigenvalue weighted by molar-refractivity contribution is 0.329. The Morgan fingerprint density at radius 2 is 2.10 bits per heavy atom. The molecule has 0 spiro atoms. The highest BCUT2D eigenvalue weighted by Gasteiger charge is 2.15. The summed E-state index contributed by atoms with van der Waals surface area (Å²) in [4.78, 5) is 10.2. The van der Waals surface area contributed by atoms with Gasteiger partial charge < -0.3 is 9.88 Å². The quantitative estimate of drug-likeness (QED) is 0.756. The third kappa shape index (κ3) is 2.69. The Morgan fingerprint density at radius 3 is 2.90 bits per heavy atom. The summed E-state index contributed by atoms with van der Waals surface area (Å²) in [6.45, 7) is 6.34. The monoisotopic (exact) mass is 283 g/mol. The van der Waals surface area contributed by atoms with Crippen molar-refractivity contribution in [1.82, 2.24) is 25.1 Å². The molecule has 5 nitrogen and oxygen atoms in total. The predicted octanol–water partition coefficient (Wildman–Crippen LogP) is 3.01. The largest absolute Gasteiger partial charge is 0.360 e. The molecule has 0 aliphatic heterocycles. The first kappa shape index (κ1) is 13.8. The third-order valence-electron chi connectivity index (χ3n) is 3.93. The second kappa shape index (κ2) is 5.69. The van der Waals surface area contributed by atoms with Crippen molar-refractivity contribution < 1.29 is 0 Å². The first-order chi connectivity index (χ1) is 10.2. The van der Waals surface area contributed by atoms with Crippen LogP contribution in [0.15, 0.2) is 30.5 Å². The normalized spacial score (nSPS) is 13.1. The topological polar surface area (TPSA) is 60.6 Å². The number of para-hydroxylation sites is 1. The van der Waals surface area contributed by atoms with Gasteiger partial charge in [0.1, 0.15) is 5.82 Å². The molecule has 0 amide bonds. The average Bonchev–Trinajstić information content (AvgIpc) is 3.13. The van der Waals surface area contributed by atoms with E-state index in [1.165, 1.54) is 0 Å². The highest BCUT2D eigenvalue weighted by molar-refractivity contribution is 5.93. The minimum absolute atomic E-state index is 0.335. The van der Waals surface area contributed by atoms with E-state index < -0.39 is 0 Å². The number of hydrogen-bond donors (Lipinski definition) is 2. The van der Waals surface area contributed by atoms with Crippen molar-refractivity contribution in [2.45, 2.75) is 19.8 Å². The molecule has 0 saturated heterocycles. The lowest BCUT2D eigenvalue weighted by atomic mass is 10.1. The zero-order valence-corrected chi connectivity index (χ0v) is 12.7. The average molecular weight is 283 g/mol. The summed E-state index contributed by atoms with van der Waals surface area (Å²) < 4.78 is 0. The summed E-state index contributed by atoms with van der Waals surface area (Å²) >= 11 is 0. The summed E-state index contributed by atoms with van der Waals surface area (Å²) in [5.41, 5.74) is 2.15. The zero-order valence-electron chi connectivity index (χ0n) is 12.7. The molecule has 0 fully saturated rings. The highest BCUT2D eigenvalue weighted by Crippen LogP contribution is 2.26. The minimum Gasteiger partial charge on any atom is -0.360 e. The van der Waals surface area contributed by atoms with Crippen molar-refractivity contribution in [1.29, 1.82) is 0 Å². The molecule has 1 unspecified atom stereocenters. The number of benzene rings is 1. The maximum Gasteiger partial charge on any atom is 0.183 e. The standard InChI is InChI=1S/C16H21N5/c1-4-21(3)10-11(2)15-18-16(20-19-15)13-9-17-14-8-6-5-7-12(13)14/h5-9,11,17H,4,10H2,1-3H3,(H,18,19,20). The Hall–Kier alpha value is -2.14. The van der Waals surface area contributed by atoms with Crippen molar-refractivity contribution in [3.05, 3.63) is 36.3 Å². The van der Waals surface area contributed by atoms with Crippen LogP contribution in [-0.4, -0.2) is 45.2 Å². The van der Waals surface area contributed by atoms with Crippen molar-refractivity contribution in [3.63, 3.8) is 0 Å². The van der Waals surface area contributed by atoms with Gasteiger partial charge in [0.25, 0.3) is 0 Å². The fourth-order valence-electron chi connectivity index (χ4n) is 2.55. The molecular formula is C16H21N5. The number of aromatic nitrogens is 4. The molecule has 1 atom stereocenters. The number of H-pyrrole nitrogens is 2. The van der Waals surface area contributed by atoms with Gasteiger partial charge in [-0.1, -0.05) is 32.0 Å². The molecule has 0 aliphatic carbocycles. The van der Waals surface area contributed by atoms with Gasteiger partial charge >= 0.3 is 0 Å². The number of rotatable bonds is 5. The number of likely N-dealkylation sites (N-methyl/N-ethyl adjacent to an activating group) is 1. The van der Waals surface area contributed by atoms with Crippen LogP contribution in [0.2, 0.25) is 0 Å². The summed E-state index contributed by atoms with van der Waals surface area (Å²) in [6, 6.07) is 8.21. The molecule has 3 rings (SSSR count). The van der Waals surface area contributed by atoms with Gasteiger partial charge in [0.2, 0.25) is 0 Å². The number of aromatic amines is 2. The first-order valence-electron chi connectivity index (χ1n) is 7.36. The van der Waals surface area contributed by atoms with E-state index >= 15 is 0 Å². The van der Waals surface area contributed by atoms with Crippen molar-refractivity contribution >= 4 is 10.9 Å². The van der Waals surface area contributed by atoms with Crippen LogP contribution < -0.4 is 0 Å². The first-order valence-corrected chi connectivity index (χ1v) is 7.36. The highest BCUT2D eigenvalue weighted by atomic mass is 15.2. The van der Waals surface area contributed by atoms with Crippen LogP contribution in [0.25, 0.3) is 22.3 Å². The Balaban J connectivity index is 1.88. The van der Waals surface area contributed by atoms with E-state index in [0.29, 0.717) is 5.92 Å². The molecule has 0 bridgehead atoms. The Bertz CT molecular complexity index is 727. The fraction of sp³-hybridized carbons (Fsp3) is 0.375. The van der Waals surface area contributed by atoms with E-state index in [1.54, 1.807) is 0 Å². The second-order valence-corrected chi connectivity index (χ2v) is 5.55. The lowest BCUT2D eigenvalue weighted by Crippen LogP contribution is -2.23. The summed E-state index contributed by atoms with van der Waals surface area (Å²) in [5, 5.41) is 8.63. The summed E-state index contributed by atoms with van der Waals surface area (Å²) in [5.74, 6) is 2.03. The molecule has 2 heterocycles. The molecule has 2 N–H and O–H groups in total. The number of fused-ring (bicyclic) bond motifs is 1. The lowest BCUT2D eigenvalue weighted by Gasteiger charge is -2.17. The molecule has 21 heavy (non-hydrogen) atoms. The van der Waals surface area contributed by atoms with Crippen LogP contribution in [0.1, 0.15) is 25.6 Å². The fourth-order valence-corrected chi connectivity index (χ4v) is 2.55. The van der Waals surface area contributed by atoms with Crippen LogP contribution in [0.3, 0.4) is 0 Å². The van der Waals surface area contributed by atoms with Gasteiger partial charge in [-0.3, -0.25) is 5.10 Å². The Morgan fingerprint density at radius 1 is 1.29 bits per heavy atom. The van der Waals surface area contributed by atoms with Gasteiger partial charge in [0, 0.05) is 35.1 Å². The van der Waals surface area contributed by atoms with Gasteiger partial charge in [-0.2, -0.15) is 5.10 Å². The van der Waals surface area contributed by atoms with E-state index in [1.807, 2.05) is 18.3 Å². The zero-order chi connectivity index (χ0) is 14.8.